The first-order chi connectivity index (χ1) is 14.7. The van der Waals surface area contributed by atoms with Crippen LogP contribution >= 0.6 is 0 Å². The minimum Gasteiger partial charge on any atom is -0.449 e. The molecule has 0 saturated carbocycles. The number of nitrogens with one attached hydrogen (secondary N) is 1. The van der Waals surface area contributed by atoms with Gasteiger partial charge in [-0.05, 0) is 62.9 Å². The molecule has 0 radical (unpaired) electrons. The molecule has 166 valence electrons. The second kappa shape index (κ2) is 9.62. The zero-order valence-electron chi connectivity index (χ0n) is 18.1. The molecule has 1 N–H and O–H groups in total. The number of benzene rings is 2. The molecule has 1 atom stereocenters. The topological polar surface area (TPSA) is 92.8 Å². The standard InChI is InChI=1S/C23H28N2O5S/c1-16-11-12-19(31(28,29)25-13-7-4-8-14-25)15-20(16)23(27)30-18(3)22(26)24-21-10-6-5-9-17(21)2/h5-6,9-12,15,18H,4,7-8,13-14H2,1-3H3,(H,24,26)/t18-/m0/s1. The van der Waals surface area contributed by atoms with Gasteiger partial charge in [0.2, 0.25) is 10.0 Å². The highest BCUT2D eigenvalue weighted by molar-refractivity contribution is 7.89. The van der Waals surface area contributed by atoms with Crippen molar-refractivity contribution in [2.75, 3.05) is 18.4 Å². The second-order valence-corrected chi connectivity index (χ2v) is 9.73. The summed E-state index contributed by atoms with van der Waals surface area (Å²) in [6, 6.07) is 11.7. The number of amides is 1. The van der Waals surface area contributed by atoms with Crippen molar-refractivity contribution in [1.82, 2.24) is 4.31 Å². The Kier molecular flexibility index (Phi) is 7.12. The number of nitrogens with zero attached hydrogens (tertiary/aromatic N) is 1. The van der Waals surface area contributed by atoms with E-state index < -0.39 is 28.0 Å². The number of ether oxygens (including phenoxy) is 1. The van der Waals surface area contributed by atoms with E-state index in [1.165, 1.54) is 23.4 Å². The highest BCUT2D eigenvalue weighted by Gasteiger charge is 2.28. The predicted octanol–water partition coefficient (Wildman–Crippen LogP) is 3.66. The zero-order chi connectivity index (χ0) is 22.6. The van der Waals surface area contributed by atoms with Crippen molar-refractivity contribution in [2.24, 2.45) is 0 Å². The monoisotopic (exact) mass is 444 g/mol. The quantitative estimate of drug-likeness (QED) is 0.687. The SMILES string of the molecule is Cc1ccccc1NC(=O)[C@H](C)OC(=O)c1cc(S(=O)(=O)N2CCCCC2)ccc1C. The van der Waals surface area contributed by atoms with Crippen molar-refractivity contribution in [3.63, 3.8) is 0 Å². The number of anilines is 1. The Morgan fingerprint density at radius 3 is 2.35 bits per heavy atom. The summed E-state index contributed by atoms with van der Waals surface area (Å²) < 4.78 is 32.7. The smallest absolute Gasteiger partial charge is 0.339 e. The molecule has 0 spiro atoms. The molecule has 0 aromatic heterocycles. The van der Waals surface area contributed by atoms with Crippen LogP contribution < -0.4 is 5.32 Å². The Morgan fingerprint density at radius 2 is 1.68 bits per heavy atom. The van der Waals surface area contributed by atoms with E-state index in [2.05, 4.69) is 5.32 Å². The third-order valence-corrected chi connectivity index (χ3v) is 7.33. The van der Waals surface area contributed by atoms with E-state index in [1.807, 2.05) is 19.1 Å². The lowest BCUT2D eigenvalue weighted by Gasteiger charge is -2.26. The van der Waals surface area contributed by atoms with Crippen molar-refractivity contribution >= 4 is 27.6 Å². The van der Waals surface area contributed by atoms with E-state index in [1.54, 1.807) is 25.1 Å². The molecule has 0 unspecified atom stereocenters. The summed E-state index contributed by atoms with van der Waals surface area (Å²) in [4.78, 5) is 25.3. The van der Waals surface area contributed by atoms with Gasteiger partial charge >= 0.3 is 5.97 Å². The van der Waals surface area contributed by atoms with Gasteiger partial charge in [0, 0.05) is 18.8 Å². The lowest BCUT2D eigenvalue weighted by atomic mass is 10.1. The number of esters is 1. The Bertz CT molecular complexity index is 1080. The molecule has 1 fully saturated rings. The molecule has 2 aromatic carbocycles. The van der Waals surface area contributed by atoms with Crippen LogP contribution in [0, 0.1) is 13.8 Å². The normalized spacial score (nSPS) is 15.8. The Balaban J connectivity index is 1.74. The number of sulfonamides is 1. The van der Waals surface area contributed by atoms with E-state index in [9.17, 15) is 18.0 Å². The molecule has 3 rings (SSSR count). The summed E-state index contributed by atoms with van der Waals surface area (Å²) >= 11 is 0. The molecule has 1 saturated heterocycles. The fraction of sp³-hybridized carbons (Fsp3) is 0.391. The molecule has 7 nitrogen and oxygen atoms in total. The Labute approximate surface area is 183 Å². The fourth-order valence-electron chi connectivity index (χ4n) is 3.46. The number of aryl methyl sites for hydroxylation is 2. The van der Waals surface area contributed by atoms with Gasteiger partial charge in [-0.25, -0.2) is 13.2 Å². The van der Waals surface area contributed by atoms with E-state index >= 15 is 0 Å². The number of hydrogen-bond donors (Lipinski definition) is 1. The molecular weight excluding hydrogens is 416 g/mol. The summed E-state index contributed by atoms with van der Waals surface area (Å²) in [6.45, 7) is 6.00. The van der Waals surface area contributed by atoms with Gasteiger partial charge in [-0.1, -0.05) is 30.7 Å². The van der Waals surface area contributed by atoms with E-state index in [-0.39, 0.29) is 10.5 Å². The van der Waals surface area contributed by atoms with Gasteiger partial charge in [-0.15, -0.1) is 0 Å². The fourth-order valence-corrected chi connectivity index (χ4v) is 5.00. The predicted molar refractivity (Wildman–Crippen MR) is 118 cm³/mol. The summed E-state index contributed by atoms with van der Waals surface area (Å²) in [5.74, 6) is -1.20. The molecule has 1 aliphatic heterocycles. The van der Waals surface area contributed by atoms with Gasteiger partial charge in [0.05, 0.1) is 10.5 Å². The summed E-state index contributed by atoms with van der Waals surface area (Å²) in [6.07, 6.45) is 1.62. The molecular formula is C23H28N2O5S. The Morgan fingerprint density at radius 1 is 1.00 bits per heavy atom. The van der Waals surface area contributed by atoms with Crippen LogP contribution in [0.1, 0.15) is 47.7 Å². The minimum absolute atomic E-state index is 0.0592. The van der Waals surface area contributed by atoms with Crippen LogP contribution in [0.2, 0.25) is 0 Å². The van der Waals surface area contributed by atoms with Gasteiger partial charge < -0.3 is 10.1 Å². The molecule has 0 bridgehead atoms. The summed E-state index contributed by atoms with van der Waals surface area (Å²) in [7, 11) is -3.68. The largest absolute Gasteiger partial charge is 0.449 e. The summed E-state index contributed by atoms with van der Waals surface area (Å²) in [5.41, 5.74) is 2.24. The maximum atomic E-state index is 12.9. The zero-order valence-corrected chi connectivity index (χ0v) is 18.9. The van der Waals surface area contributed by atoms with Crippen molar-refractivity contribution in [1.29, 1.82) is 0 Å². The molecule has 1 aliphatic rings. The van der Waals surface area contributed by atoms with Gasteiger partial charge in [0.1, 0.15) is 0 Å². The average Bonchev–Trinajstić information content (AvgIpc) is 2.76. The number of piperidine rings is 1. The van der Waals surface area contributed by atoms with Gasteiger partial charge in [0.25, 0.3) is 5.91 Å². The maximum absolute atomic E-state index is 12.9. The molecule has 1 amide bonds. The number of rotatable bonds is 6. The van der Waals surface area contributed by atoms with Gasteiger partial charge in [-0.3, -0.25) is 4.79 Å². The van der Waals surface area contributed by atoms with E-state index in [0.29, 0.717) is 24.3 Å². The van der Waals surface area contributed by atoms with E-state index in [0.717, 1.165) is 24.8 Å². The van der Waals surface area contributed by atoms with Crippen LogP contribution in [0.3, 0.4) is 0 Å². The van der Waals surface area contributed by atoms with Crippen LogP contribution in [0.5, 0.6) is 0 Å². The molecule has 1 heterocycles. The lowest BCUT2D eigenvalue weighted by Crippen LogP contribution is -2.35. The van der Waals surface area contributed by atoms with Gasteiger partial charge in [0.15, 0.2) is 6.10 Å². The maximum Gasteiger partial charge on any atom is 0.339 e. The highest BCUT2D eigenvalue weighted by Crippen LogP contribution is 2.23. The molecule has 31 heavy (non-hydrogen) atoms. The first-order valence-corrected chi connectivity index (χ1v) is 11.8. The van der Waals surface area contributed by atoms with Crippen molar-refractivity contribution in [3.8, 4) is 0 Å². The molecule has 0 aliphatic carbocycles. The van der Waals surface area contributed by atoms with Crippen LogP contribution in [0.25, 0.3) is 0 Å². The first-order valence-electron chi connectivity index (χ1n) is 10.4. The number of hydrogen-bond acceptors (Lipinski definition) is 5. The summed E-state index contributed by atoms with van der Waals surface area (Å²) in [5, 5.41) is 2.74. The van der Waals surface area contributed by atoms with Crippen LogP contribution in [-0.4, -0.2) is 43.8 Å². The molecule has 8 heteroatoms. The van der Waals surface area contributed by atoms with Crippen molar-refractivity contribution < 1.29 is 22.7 Å². The first kappa shape index (κ1) is 23.0. The van der Waals surface area contributed by atoms with Crippen molar-refractivity contribution in [2.45, 2.75) is 51.0 Å². The molecule has 2 aromatic rings. The Hall–Kier alpha value is -2.71. The number of carbonyl (C=O) groups excluding carboxylic acids is 2. The van der Waals surface area contributed by atoms with Crippen LogP contribution in [-0.2, 0) is 19.6 Å². The third kappa shape index (κ3) is 5.32. The lowest BCUT2D eigenvalue weighted by molar-refractivity contribution is -0.123. The number of para-hydroxylation sites is 1. The third-order valence-electron chi connectivity index (χ3n) is 5.44. The minimum atomic E-state index is -3.68. The van der Waals surface area contributed by atoms with Crippen LogP contribution in [0.15, 0.2) is 47.4 Å². The van der Waals surface area contributed by atoms with E-state index in [4.69, 9.17) is 4.74 Å². The highest BCUT2D eigenvalue weighted by atomic mass is 32.2. The van der Waals surface area contributed by atoms with Crippen molar-refractivity contribution in [3.05, 3.63) is 59.2 Å². The number of carbonyl (C=O) groups is 2. The van der Waals surface area contributed by atoms with Crippen LogP contribution in [0.4, 0.5) is 5.69 Å². The second-order valence-electron chi connectivity index (χ2n) is 7.79. The average molecular weight is 445 g/mol. The van der Waals surface area contributed by atoms with Gasteiger partial charge in [-0.2, -0.15) is 4.31 Å².